The molecule has 0 aliphatic carbocycles. The number of rotatable bonds is 12. The predicted molar refractivity (Wildman–Crippen MR) is 129 cm³/mol. The quantitative estimate of drug-likeness (QED) is 0.157. The number of aliphatic hydroxyl groups excluding tert-OH is 1. The van der Waals surface area contributed by atoms with E-state index in [1.807, 2.05) is 0 Å². The molecule has 0 saturated heterocycles. The lowest BCUT2D eigenvalue weighted by atomic mass is 10.1. The Hall–Kier alpha value is -3.32. The highest BCUT2D eigenvalue weighted by atomic mass is 32.2. The molecular formula is C22H30N6O5S. The molecule has 0 unspecified atom stereocenters. The van der Waals surface area contributed by atoms with Crippen molar-refractivity contribution in [3.05, 3.63) is 70.8 Å². The molecule has 0 heterocycles. The first kappa shape index (κ1) is 26.9. The predicted octanol–water partition coefficient (Wildman–Crippen LogP) is -1.31. The fourth-order valence-corrected chi connectivity index (χ4v) is 4.23. The van der Waals surface area contributed by atoms with Crippen LogP contribution in [-0.4, -0.2) is 57.4 Å². The Morgan fingerprint density at radius 3 is 2.15 bits per heavy atom. The highest BCUT2D eigenvalue weighted by Crippen LogP contribution is 2.08. The SMILES string of the molecule is C/N=C(\N)c1ccc(CNC(=O)CNC(=O)[C@@H](CO)NS(=O)(=O)Cc2ccc(CN)cc2)cc1. The van der Waals surface area contributed by atoms with E-state index in [2.05, 4.69) is 20.3 Å². The van der Waals surface area contributed by atoms with Crippen molar-refractivity contribution < 1.29 is 23.1 Å². The van der Waals surface area contributed by atoms with Gasteiger partial charge in [-0.25, -0.2) is 13.1 Å². The minimum absolute atomic E-state index is 0.219. The Bertz CT molecular complexity index is 1100. The van der Waals surface area contributed by atoms with Crippen LogP contribution >= 0.6 is 0 Å². The summed E-state index contributed by atoms with van der Waals surface area (Å²) in [7, 11) is -2.34. The van der Waals surface area contributed by atoms with Crippen LogP contribution in [0.5, 0.6) is 0 Å². The van der Waals surface area contributed by atoms with Crippen LogP contribution < -0.4 is 26.8 Å². The molecule has 2 rings (SSSR count). The number of nitrogens with zero attached hydrogens (tertiary/aromatic N) is 1. The van der Waals surface area contributed by atoms with Crippen LogP contribution in [0.1, 0.15) is 22.3 Å². The minimum Gasteiger partial charge on any atom is -0.394 e. The summed E-state index contributed by atoms with van der Waals surface area (Å²) < 4.78 is 26.9. The van der Waals surface area contributed by atoms with Crippen molar-refractivity contribution in [2.45, 2.75) is 24.9 Å². The number of aliphatic hydroxyl groups is 1. The zero-order chi connectivity index (χ0) is 25.1. The molecule has 11 nitrogen and oxygen atoms in total. The first-order valence-corrected chi connectivity index (χ1v) is 12.1. The van der Waals surface area contributed by atoms with Gasteiger partial charge in [-0.2, -0.15) is 0 Å². The van der Waals surface area contributed by atoms with E-state index in [0.29, 0.717) is 17.9 Å². The van der Waals surface area contributed by atoms with Gasteiger partial charge < -0.3 is 27.2 Å². The fraction of sp³-hybridized carbons (Fsp3) is 0.318. The third-order valence-electron chi connectivity index (χ3n) is 4.84. The summed E-state index contributed by atoms with van der Waals surface area (Å²) in [6.07, 6.45) is 0. The second-order valence-electron chi connectivity index (χ2n) is 7.43. The Morgan fingerprint density at radius 1 is 1.00 bits per heavy atom. The summed E-state index contributed by atoms with van der Waals surface area (Å²) in [4.78, 5) is 28.2. The molecule has 0 spiro atoms. The summed E-state index contributed by atoms with van der Waals surface area (Å²) in [6, 6.07) is 12.4. The zero-order valence-corrected chi connectivity index (χ0v) is 19.6. The number of amides is 2. The molecule has 184 valence electrons. The monoisotopic (exact) mass is 490 g/mol. The van der Waals surface area contributed by atoms with E-state index in [0.717, 1.165) is 16.7 Å². The topological polar surface area (TPSA) is 189 Å². The molecule has 2 amide bonds. The number of carbonyl (C=O) groups is 2. The van der Waals surface area contributed by atoms with Crippen molar-refractivity contribution in [3.63, 3.8) is 0 Å². The van der Waals surface area contributed by atoms with Crippen molar-refractivity contribution in [1.29, 1.82) is 0 Å². The molecule has 1 atom stereocenters. The van der Waals surface area contributed by atoms with Crippen molar-refractivity contribution in [1.82, 2.24) is 15.4 Å². The largest absolute Gasteiger partial charge is 0.394 e. The molecular weight excluding hydrogens is 460 g/mol. The van der Waals surface area contributed by atoms with Gasteiger partial charge in [0, 0.05) is 25.7 Å². The van der Waals surface area contributed by atoms with Gasteiger partial charge in [-0.1, -0.05) is 48.5 Å². The summed E-state index contributed by atoms with van der Waals surface area (Å²) in [5.74, 6) is -1.28. The van der Waals surface area contributed by atoms with Gasteiger partial charge in [-0.15, -0.1) is 0 Å². The minimum atomic E-state index is -3.93. The van der Waals surface area contributed by atoms with Crippen LogP contribution in [0.3, 0.4) is 0 Å². The average Bonchev–Trinajstić information content (AvgIpc) is 2.84. The van der Waals surface area contributed by atoms with Crippen molar-refractivity contribution in [2.24, 2.45) is 16.5 Å². The number of nitrogens with two attached hydrogens (primary N) is 2. The number of hydrogen-bond donors (Lipinski definition) is 6. The van der Waals surface area contributed by atoms with Crippen LogP contribution in [0.15, 0.2) is 53.5 Å². The highest BCUT2D eigenvalue weighted by molar-refractivity contribution is 7.88. The number of aliphatic imine (C=N–C) groups is 1. The number of sulfonamides is 1. The normalized spacial score (nSPS) is 12.7. The molecule has 2 aromatic rings. The lowest BCUT2D eigenvalue weighted by Crippen LogP contribution is -2.50. The van der Waals surface area contributed by atoms with Gasteiger partial charge >= 0.3 is 0 Å². The van der Waals surface area contributed by atoms with Crippen molar-refractivity contribution in [3.8, 4) is 0 Å². The van der Waals surface area contributed by atoms with Crippen LogP contribution in [0.2, 0.25) is 0 Å². The molecule has 0 saturated carbocycles. The molecule has 12 heteroatoms. The molecule has 0 fully saturated rings. The third kappa shape index (κ3) is 8.56. The zero-order valence-electron chi connectivity index (χ0n) is 18.8. The summed E-state index contributed by atoms with van der Waals surface area (Å²) in [6.45, 7) is -0.598. The smallest absolute Gasteiger partial charge is 0.240 e. The van der Waals surface area contributed by atoms with Gasteiger partial charge in [-0.05, 0) is 16.7 Å². The van der Waals surface area contributed by atoms with E-state index < -0.39 is 34.5 Å². The first-order chi connectivity index (χ1) is 16.2. The van der Waals surface area contributed by atoms with E-state index in [4.69, 9.17) is 11.5 Å². The maximum atomic E-state index is 12.4. The third-order valence-corrected chi connectivity index (χ3v) is 6.20. The maximum absolute atomic E-state index is 12.4. The number of nitrogens with one attached hydrogen (secondary N) is 3. The Labute approximate surface area is 198 Å². The number of amidine groups is 1. The standard InChI is InChI=1S/C22H30N6O5S/c1-25-21(24)18-8-6-16(7-9-18)11-26-20(30)12-27-22(31)19(13-29)28-34(32,33)14-17-4-2-15(10-23)3-5-17/h2-9,19,28-29H,10-14,23H2,1H3,(H2,24,25)(H,26,30)(H,27,31)/t19-/m1/s1. The second-order valence-corrected chi connectivity index (χ2v) is 9.19. The van der Waals surface area contributed by atoms with Crippen LogP contribution in [0, 0.1) is 0 Å². The van der Waals surface area contributed by atoms with Gasteiger partial charge in [-0.3, -0.25) is 14.6 Å². The summed E-state index contributed by atoms with van der Waals surface area (Å²) >= 11 is 0. The lowest BCUT2D eigenvalue weighted by molar-refractivity contribution is -0.127. The fourth-order valence-electron chi connectivity index (χ4n) is 2.90. The van der Waals surface area contributed by atoms with Crippen molar-refractivity contribution in [2.75, 3.05) is 20.2 Å². The van der Waals surface area contributed by atoms with Crippen molar-refractivity contribution >= 4 is 27.7 Å². The van der Waals surface area contributed by atoms with E-state index in [1.54, 1.807) is 55.6 Å². The van der Waals surface area contributed by atoms with Gasteiger partial charge in [0.25, 0.3) is 0 Å². The van der Waals surface area contributed by atoms with E-state index in [9.17, 15) is 23.1 Å². The number of hydrogen-bond acceptors (Lipinski definition) is 7. The van der Waals surface area contributed by atoms with Gasteiger partial charge in [0.15, 0.2) is 0 Å². The molecule has 0 radical (unpaired) electrons. The molecule has 0 aliphatic heterocycles. The molecule has 8 N–H and O–H groups in total. The summed E-state index contributed by atoms with van der Waals surface area (Å²) in [5.41, 5.74) is 14.2. The Kier molecular flexibility index (Phi) is 10.1. The highest BCUT2D eigenvalue weighted by Gasteiger charge is 2.24. The molecule has 0 bridgehead atoms. The Morgan fingerprint density at radius 2 is 1.59 bits per heavy atom. The van der Waals surface area contributed by atoms with E-state index in [-0.39, 0.29) is 18.8 Å². The van der Waals surface area contributed by atoms with Crippen LogP contribution in [-0.2, 0) is 38.5 Å². The number of carbonyl (C=O) groups excluding carboxylic acids is 2. The lowest BCUT2D eigenvalue weighted by Gasteiger charge is -2.16. The summed E-state index contributed by atoms with van der Waals surface area (Å²) in [5, 5.41) is 14.4. The second kappa shape index (κ2) is 12.8. The van der Waals surface area contributed by atoms with Crippen LogP contribution in [0.25, 0.3) is 0 Å². The van der Waals surface area contributed by atoms with Gasteiger partial charge in [0.05, 0.1) is 18.9 Å². The van der Waals surface area contributed by atoms with Crippen LogP contribution in [0.4, 0.5) is 0 Å². The molecule has 34 heavy (non-hydrogen) atoms. The molecule has 2 aromatic carbocycles. The first-order valence-electron chi connectivity index (χ1n) is 10.4. The maximum Gasteiger partial charge on any atom is 0.240 e. The Balaban J connectivity index is 1.82. The average molecular weight is 491 g/mol. The van der Waals surface area contributed by atoms with Gasteiger partial charge in [0.2, 0.25) is 21.8 Å². The number of benzene rings is 2. The molecule has 0 aliphatic rings. The van der Waals surface area contributed by atoms with E-state index in [1.165, 1.54) is 0 Å². The molecule has 0 aromatic heterocycles. The van der Waals surface area contributed by atoms with E-state index >= 15 is 0 Å². The van der Waals surface area contributed by atoms with Gasteiger partial charge in [0.1, 0.15) is 11.9 Å².